The second-order valence-electron chi connectivity index (χ2n) is 6.13. The molecule has 0 heterocycles. The van der Waals surface area contributed by atoms with Crippen LogP contribution in [0.4, 0.5) is 0 Å². The van der Waals surface area contributed by atoms with Crippen LogP contribution in [0.25, 0.3) is 0 Å². The smallest absolute Gasteiger partial charge is 0.326 e. The molecular weight excluding hydrogens is 214 g/mol. The van der Waals surface area contributed by atoms with E-state index in [1.807, 2.05) is 13.8 Å². The quantitative estimate of drug-likeness (QED) is 0.770. The molecule has 0 atom stereocenters. The predicted molar refractivity (Wildman–Crippen MR) is 69.6 cm³/mol. The molecule has 0 spiro atoms. The van der Waals surface area contributed by atoms with Gasteiger partial charge in [-0.1, -0.05) is 27.7 Å². The largest absolute Gasteiger partial charge is 0.461 e. The summed E-state index contributed by atoms with van der Waals surface area (Å²) in [5.41, 5.74) is 5.65. The fraction of sp³-hybridized carbons (Fsp3) is 0.929. The highest BCUT2D eigenvalue weighted by molar-refractivity contribution is 5.80. The third kappa shape index (κ3) is 3.70. The molecule has 0 bridgehead atoms. The fourth-order valence-electron chi connectivity index (χ4n) is 2.30. The molecule has 1 aliphatic carbocycles. The Morgan fingerprint density at radius 1 is 1.29 bits per heavy atom. The second kappa shape index (κ2) is 5.38. The van der Waals surface area contributed by atoms with E-state index in [1.54, 1.807) is 0 Å². The summed E-state index contributed by atoms with van der Waals surface area (Å²) < 4.78 is 5.57. The van der Waals surface area contributed by atoms with E-state index >= 15 is 0 Å². The van der Waals surface area contributed by atoms with Crippen LogP contribution in [0.5, 0.6) is 0 Å². The topological polar surface area (TPSA) is 52.3 Å². The third-order valence-electron chi connectivity index (χ3n) is 4.23. The molecule has 0 aromatic carbocycles. The van der Waals surface area contributed by atoms with Gasteiger partial charge in [-0.05, 0) is 43.9 Å². The Morgan fingerprint density at radius 3 is 2.18 bits per heavy atom. The first kappa shape index (κ1) is 14.5. The van der Waals surface area contributed by atoms with E-state index in [-0.39, 0.29) is 12.1 Å². The highest BCUT2D eigenvalue weighted by Crippen LogP contribution is 2.36. The lowest BCUT2D eigenvalue weighted by Crippen LogP contribution is -2.49. The van der Waals surface area contributed by atoms with Crippen LogP contribution < -0.4 is 5.73 Å². The van der Waals surface area contributed by atoms with Crippen LogP contribution >= 0.6 is 0 Å². The molecule has 1 rings (SSSR count). The first-order valence-electron chi connectivity index (χ1n) is 6.83. The van der Waals surface area contributed by atoms with E-state index in [2.05, 4.69) is 13.8 Å². The molecule has 0 amide bonds. The molecule has 2 N–H and O–H groups in total. The number of carbonyl (C=O) groups excluding carboxylic acids is 1. The van der Waals surface area contributed by atoms with Crippen LogP contribution in [0.1, 0.15) is 66.2 Å². The molecule has 1 aliphatic rings. The average Bonchev–Trinajstić information content (AvgIpc) is 2.30. The fourth-order valence-corrected chi connectivity index (χ4v) is 2.30. The maximum absolute atomic E-state index is 12.0. The van der Waals surface area contributed by atoms with Gasteiger partial charge in [0.2, 0.25) is 0 Å². The van der Waals surface area contributed by atoms with E-state index in [9.17, 15) is 4.79 Å². The molecule has 0 aliphatic heterocycles. The van der Waals surface area contributed by atoms with Crippen molar-refractivity contribution >= 4 is 5.97 Å². The van der Waals surface area contributed by atoms with E-state index in [0.717, 1.165) is 25.7 Å². The van der Waals surface area contributed by atoms with Crippen LogP contribution in [0.2, 0.25) is 0 Å². The monoisotopic (exact) mass is 241 g/mol. The lowest BCUT2D eigenvalue weighted by atomic mass is 9.76. The molecule has 0 saturated heterocycles. The molecule has 0 radical (unpaired) electrons. The minimum atomic E-state index is -0.785. The first-order chi connectivity index (χ1) is 7.83. The van der Waals surface area contributed by atoms with Crippen LogP contribution in [0.15, 0.2) is 0 Å². The van der Waals surface area contributed by atoms with Crippen molar-refractivity contribution in [2.75, 3.05) is 0 Å². The van der Waals surface area contributed by atoms with Gasteiger partial charge in [0.05, 0.1) is 0 Å². The summed E-state index contributed by atoms with van der Waals surface area (Å²) >= 11 is 0. The number of ether oxygens (including phenoxy) is 1. The lowest BCUT2D eigenvalue weighted by molar-refractivity contribution is -0.158. The Balaban J connectivity index is 2.48. The van der Waals surface area contributed by atoms with Crippen LogP contribution in [0.3, 0.4) is 0 Å². The third-order valence-corrected chi connectivity index (χ3v) is 4.23. The Bertz CT molecular complexity index is 259. The SMILES string of the molecule is CCC(N)(CC)C(=O)OC1CCC(C)(C)CC1. The second-order valence-corrected chi connectivity index (χ2v) is 6.13. The van der Waals surface area contributed by atoms with Gasteiger partial charge in [0, 0.05) is 0 Å². The summed E-state index contributed by atoms with van der Waals surface area (Å²) in [5, 5.41) is 0. The van der Waals surface area contributed by atoms with Crippen molar-refractivity contribution in [2.45, 2.75) is 77.9 Å². The number of rotatable bonds is 4. The number of carbonyl (C=O) groups is 1. The van der Waals surface area contributed by atoms with Gasteiger partial charge in [-0.25, -0.2) is 0 Å². The van der Waals surface area contributed by atoms with Gasteiger partial charge >= 0.3 is 5.97 Å². The van der Waals surface area contributed by atoms with Crippen molar-refractivity contribution in [2.24, 2.45) is 11.1 Å². The molecule has 100 valence electrons. The molecule has 1 fully saturated rings. The van der Waals surface area contributed by atoms with Gasteiger partial charge in [0.1, 0.15) is 11.6 Å². The molecule has 0 aromatic heterocycles. The van der Waals surface area contributed by atoms with Crippen molar-refractivity contribution in [3.63, 3.8) is 0 Å². The van der Waals surface area contributed by atoms with Crippen LogP contribution in [-0.4, -0.2) is 17.6 Å². The normalized spacial score (nSPS) is 21.2. The Hall–Kier alpha value is -0.570. The summed E-state index contributed by atoms with van der Waals surface area (Å²) in [6, 6.07) is 0. The summed E-state index contributed by atoms with van der Waals surface area (Å²) in [5.74, 6) is -0.216. The number of esters is 1. The van der Waals surface area contributed by atoms with E-state index in [1.165, 1.54) is 0 Å². The zero-order chi connectivity index (χ0) is 13.1. The molecule has 0 unspecified atom stereocenters. The Morgan fingerprint density at radius 2 is 1.76 bits per heavy atom. The molecule has 3 nitrogen and oxygen atoms in total. The Labute approximate surface area is 105 Å². The molecule has 1 saturated carbocycles. The van der Waals surface area contributed by atoms with E-state index in [0.29, 0.717) is 18.3 Å². The lowest BCUT2D eigenvalue weighted by Gasteiger charge is -2.35. The molecule has 3 heteroatoms. The van der Waals surface area contributed by atoms with Crippen LogP contribution in [-0.2, 0) is 9.53 Å². The summed E-state index contributed by atoms with van der Waals surface area (Å²) in [7, 11) is 0. The zero-order valence-corrected chi connectivity index (χ0v) is 11.7. The highest BCUT2D eigenvalue weighted by atomic mass is 16.5. The van der Waals surface area contributed by atoms with Crippen molar-refractivity contribution < 1.29 is 9.53 Å². The van der Waals surface area contributed by atoms with Crippen molar-refractivity contribution in [1.82, 2.24) is 0 Å². The minimum Gasteiger partial charge on any atom is -0.461 e. The number of hydrogen-bond acceptors (Lipinski definition) is 3. The summed E-state index contributed by atoms with van der Waals surface area (Å²) in [6.45, 7) is 8.43. The van der Waals surface area contributed by atoms with Gasteiger partial charge in [-0.2, -0.15) is 0 Å². The first-order valence-corrected chi connectivity index (χ1v) is 6.83. The highest BCUT2D eigenvalue weighted by Gasteiger charge is 2.35. The average molecular weight is 241 g/mol. The summed E-state index contributed by atoms with van der Waals surface area (Å²) in [4.78, 5) is 12.0. The molecule has 0 aromatic rings. The van der Waals surface area contributed by atoms with Gasteiger partial charge in [-0.3, -0.25) is 4.79 Å². The summed E-state index contributed by atoms with van der Waals surface area (Å²) in [6.07, 6.45) is 5.56. The zero-order valence-electron chi connectivity index (χ0n) is 11.7. The maximum Gasteiger partial charge on any atom is 0.326 e. The van der Waals surface area contributed by atoms with Gasteiger partial charge in [-0.15, -0.1) is 0 Å². The molecular formula is C14H27NO2. The van der Waals surface area contributed by atoms with Crippen molar-refractivity contribution in [3.05, 3.63) is 0 Å². The maximum atomic E-state index is 12.0. The molecule has 17 heavy (non-hydrogen) atoms. The van der Waals surface area contributed by atoms with Gasteiger partial charge in [0.15, 0.2) is 0 Å². The van der Waals surface area contributed by atoms with E-state index < -0.39 is 5.54 Å². The van der Waals surface area contributed by atoms with Crippen molar-refractivity contribution in [3.8, 4) is 0 Å². The Kier molecular flexibility index (Phi) is 4.59. The standard InChI is InChI=1S/C14H27NO2/c1-5-14(15,6-2)12(16)17-11-7-9-13(3,4)10-8-11/h11H,5-10,15H2,1-4H3. The predicted octanol–water partition coefficient (Wildman–Crippen LogP) is 3.02. The van der Waals surface area contributed by atoms with Crippen molar-refractivity contribution in [1.29, 1.82) is 0 Å². The van der Waals surface area contributed by atoms with Crippen LogP contribution in [0, 0.1) is 5.41 Å². The van der Waals surface area contributed by atoms with Gasteiger partial charge < -0.3 is 10.5 Å². The number of hydrogen-bond donors (Lipinski definition) is 1. The number of nitrogens with two attached hydrogens (primary N) is 1. The minimum absolute atomic E-state index is 0.0801. The van der Waals surface area contributed by atoms with E-state index in [4.69, 9.17) is 10.5 Å². The van der Waals surface area contributed by atoms with Gasteiger partial charge in [0.25, 0.3) is 0 Å².